The van der Waals surface area contributed by atoms with Crippen LogP contribution in [0.1, 0.15) is 59.3 Å². The van der Waals surface area contributed by atoms with E-state index in [2.05, 4.69) is 24.5 Å². The third-order valence-corrected chi connectivity index (χ3v) is 4.95. The maximum Gasteiger partial charge on any atom is 0.315 e. The van der Waals surface area contributed by atoms with Gasteiger partial charge in [-0.1, -0.05) is 13.8 Å². The van der Waals surface area contributed by atoms with Crippen molar-refractivity contribution >= 4 is 11.9 Å². The van der Waals surface area contributed by atoms with Crippen LogP contribution in [0, 0.1) is 5.41 Å². The molecule has 0 bridgehead atoms. The molecule has 0 aromatic carbocycles. The summed E-state index contributed by atoms with van der Waals surface area (Å²) < 4.78 is 0. The summed E-state index contributed by atoms with van der Waals surface area (Å²) in [5.74, 6) is 0.128. The van der Waals surface area contributed by atoms with Gasteiger partial charge in [0.25, 0.3) is 0 Å². The molecule has 1 aliphatic heterocycles. The number of hydrogen-bond acceptors (Lipinski definition) is 2. The van der Waals surface area contributed by atoms with Crippen molar-refractivity contribution in [3.05, 3.63) is 0 Å². The van der Waals surface area contributed by atoms with Crippen LogP contribution >= 0.6 is 0 Å². The minimum Gasteiger partial charge on any atom is -0.343 e. The van der Waals surface area contributed by atoms with E-state index in [1.165, 1.54) is 12.8 Å². The first-order valence-corrected chi connectivity index (χ1v) is 8.18. The molecule has 5 heteroatoms. The van der Waals surface area contributed by atoms with E-state index in [1.807, 2.05) is 4.90 Å². The van der Waals surface area contributed by atoms with Gasteiger partial charge in [0.2, 0.25) is 5.91 Å². The minimum atomic E-state index is -0.0408. The van der Waals surface area contributed by atoms with Crippen LogP contribution < -0.4 is 10.6 Å². The molecule has 1 saturated carbocycles. The molecule has 0 unspecified atom stereocenters. The second-order valence-electron chi connectivity index (χ2n) is 7.34. The number of likely N-dealkylation sites (tertiary alicyclic amines) is 1. The molecule has 1 saturated heterocycles. The highest BCUT2D eigenvalue weighted by atomic mass is 16.2. The number of nitrogens with one attached hydrogen (secondary N) is 2. The first-order valence-electron chi connectivity index (χ1n) is 8.18. The molecule has 2 aliphatic rings. The largest absolute Gasteiger partial charge is 0.343 e. The van der Waals surface area contributed by atoms with Crippen LogP contribution in [0.15, 0.2) is 0 Å². The van der Waals surface area contributed by atoms with Crippen molar-refractivity contribution < 1.29 is 9.59 Å². The highest BCUT2D eigenvalue weighted by molar-refractivity contribution is 5.75. The fourth-order valence-corrected chi connectivity index (χ4v) is 3.29. The lowest BCUT2D eigenvalue weighted by molar-refractivity contribution is -0.129. The lowest BCUT2D eigenvalue weighted by Gasteiger charge is -2.35. The molecule has 1 heterocycles. The average Bonchev–Trinajstić information content (AvgIpc) is 2.42. The standard InChI is InChI=1S/C16H29N3O2/c1-12(20)19-10-6-14(7-11-19)18-15(21)17-13-4-8-16(2,3)9-5-13/h13-14H,4-11H2,1-3H3,(H2,17,18,21). The number of amides is 3. The number of urea groups is 1. The Bertz CT molecular complexity index is 377. The Hall–Kier alpha value is -1.26. The Kier molecular flexibility index (Phi) is 5.12. The van der Waals surface area contributed by atoms with Crippen molar-refractivity contribution in [1.29, 1.82) is 0 Å². The molecule has 5 nitrogen and oxygen atoms in total. The molecule has 0 aromatic heterocycles. The van der Waals surface area contributed by atoms with Crippen LogP contribution in [0.3, 0.4) is 0 Å². The highest BCUT2D eigenvalue weighted by Gasteiger charge is 2.28. The van der Waals surface area contributed by atoms with Crippen LogP contribution in [0.5, 0.6) is 0 Å². The van der Waals surface area contributed by atoms with E-state index in [9.17, 15) is 9.59 Å². The number of carbonyl (C=O) groups excluding carboxylic acids is 2. The van der Waals surface area contributed by atoms with Gasteiger partial charge in [0.15, 0.2) is 0 Å². The van der Waals surface area contributed by atoms with E-state index < -0.39 is 0 Å². The Balaban J connectivity index is 1.68. The molecule has 0 aromatic rings. The Morgan fingerprint density at radius 1 is 0.952 bits per heavy atom. The molecule has 2 fully saturated rings. The van der Waals surface area contributed by atoms with Crippen molar-refractivity contribution in [2.75, 3.05) is 13.1 Å². The normalized spacial score (nSPS) is 23.7. The SMILES string of the molecule is CC(=O)N1CCC(NC(=O)NC2CCC(C)(C)CC2)CC1. The summed E-state index contributed by atoms with van der Waals surface area (Å²) in [5.41, 5.74) is 0.425. The second kappa shape index (κ2) is 6.67. The quantitative estimate of drug-likeness (QED) is 0.821. The molecule has 3 amide bonds. The zero-order valence-electron chi connectivity index (χ0n) is 13.6. The lowest BCUT2D eigenvalue weighted by atomic mass is 9.76. The Labute approximate surface area is 127 Å². The molecule has 2 N–H and O–H groups in total. The molecule has 1 aliphatic carbocycles. The number of carbonyl (C=O) groups is 2. The summed E-state index contributed by atoms with van der Waals surface area (Å²) >= 11 is 0. The van der Waals surface area contributed by atoms with Crippen molar-refractivity contribution in [1.82, 2.24) is 15.5 Å². The molecule has 0 atom stereocenters. The number of nitrogens with zero attached hydrogens (tertiary/aromatic N) is 1. The van der Waals surface area contributed by atoms with Gasteiger partial charge in [0.1, 0.15) is 0 Å². The van der Waals surface area contributed by atoms with Gasteiger partial charge in [-0.05, 0) is 43.9 Å². The van der Waals surface area contributed by atoms with E-state index in [-0.39, 0.29) is 18.0 Å². The zero-order valence-corrected chi connectivity index (χ0v) is 13.6. The van der Waals surface area contributed by atoms with Crippen LogP contribution in [-0.2, 0) is 4.79 Å². The Morgan fingerprint density at radius 3 is 1.90 bits per heavy atom. The van der Waals surface area contributed by atoms with Gasteiger partial charge in [0.05, 0.1) is 0 Å². The first-order chi connectivity index (χ1) is 9.85. The maximum atomic E-state index is 12.1. The van der Waals surface area contributed by atoms with E-state index in [1.54, 1.807) is 6.92 Å². The first kappa shape index (κ1) is 16.1. The van der Waals surface area contributed by atoms with E-state index in [4.69, 9.17) is 0 Å². The van der Waals surface area contributed by atoms with Crippen LogP contribution in [0.4, 0.5) is 4.79 Å². The molecule has 2 rings (SSSR count). The monoisotopic (exact) mass is 295 g/mol. The van der Waals surface area contributed by atoms with Crippen molar-refractivity contribution in [3.8, 4) is 0 Å². The van der Waals surface area contributed by atoms with Gasteiger partial charge in [-0.15, -0.1) is 0 Å². The van der Waals surface area contributed by atoms with Gasteiger partial charge in [-0.2, -0.15) is 0 Å². The molecule has 0 radical (unpaired) electrons. The molecule has 0 spiro atoms. The highest BCUT2D eigenvalue weighted by Crippen LogP contribution is 2.34. The average molecular weight is 295 g/mol. The van der Waals surface area contributed by atoms with Gasteiger partial charge in [0, 0.05) is 32.1 Å². The zero-order chi connectivity index (χ0) is 15.5. The van der Waals surface area contributed by atoms with Gasteiger partial charge >= 0.3 is 6.03 Å². The van der Waals surface area contributed by atoms with Gasteiger partial charge in [-0.25, -0.2) is 4.79 Å². The van der Waals surface area contributed by atoms with E-state index in [0.717, 1.165) is 38.8 Å². The summed E-state index contributed by atoms with van der Waals surface area (Å²) in [5, 5.41) is 6.17. The fourth-order valence-electron chi connectivity index (χ4n) is 3.29. The van der Waals surface area contributed by atoms with Crippen molar-refractivity contribution in [2.45, 2.75) is 71.4 Å². The number of piperidine rings is 1. The van der Waals surface area contributed by atoms with Gasteiger partial charge < -0.3 is 15.5 Å². The minimum absolute atomic E-state index is 0.0408. The smallest absolute Gasteiger partial charge is 0.315 e. The summed E-state index contributed by atoms with van der Waals surface area (Å²) in [6.07, 6.45) is 6.20. The number of hydrogen-bond donors (Lipinski definition) is 2. The fraction of sp³-hybridized carbons (Fsp3) is 0.875. The van der Waals surface area contributed by atoms with Crippen molar-refractivity contribution in [3.63, 3.8) is 0 Å². The van der Waals surface area contributed by atoms with E-state index in [0.29, 0.717) is 11.5 Å². The summed E-state index contributed by atoms with van der Waals surface area (Å²) in [4.78, 5) is 25.2. The molecule has 21 heavy (non-hydrogen) atoms. The topological polar surface area (TPSA) is 61.4 Å². The van der Waals surface area contributed by atoms with Crippen LogP contribution in [0.2, 0.25) is 0 Å². The lowest BCUT2D eigenvalue weighted by Crippen LogP contribution is -2.51. The maximum absolute atomic E-state index is 12.1. The molecular weight excluding hydrogens is 266 g/mol. The summed E-state index contributed by atoms with van der Waals surface area (Å²) in [6.45, 7) is 7.69. The third kappa shape index (κ3) is 4.90. The van der Waals surface area contributed by atoms with Crippen LogP contribution in [0.25, 0.3) is 0 Å². The van der Waals surface area contributed by atoms with Crippen LogP contribution in [-0.4, -0.2) is 42.0 Å². The Morgan fingerprint density at radius 2 is 1.43 bits per heavy atom. The molecular formula is C16H29N3O2. The van der Waals surface area contributed by atoms with E-state index >= 15 is 0 Å². The predicted molar refractivity (Wildman–Crippen MR) is 83.0 cm³/mol. The molecule has 120 valence electrons. The number of rotatable bonds is 2. The summed E-state index contributed by atoms with van der Waals surface area (Å²) in [6, 6.07) is 0.469. The third-order valence-electron chi connectivity index (χ3n) is 4.95. The van der Waals surface area contributed by atoms with Crippen molar-refractivity contribution in [2.24, 2.45) is 5.41 Å². The van der Waals surface area contributed by atoms with Gasteiger partial charge in [-0.3, -0.25) is 4.79 Å². The summed E-state index contributed by atoms with van der Waals surface area (Å²) in [7, 11) is 0. The second-order valence-corrected chi connectivity index (χ2v) is 7.34. The predicted octanol–water partition coefficient (Wildman–Crippen LogP) is 2.27.